The van der Waals surface area contributed by atoms with Crippen molar-refractivity contribution in [1.82, 2.24) is 30.2 Å². The third kappa shape index (κ3) is 4.89. The molecule has 1 aromatic carbocycles. The quantitative estimate of drug-likeness (QED) is 0.308. The maximum absolute atomic E-state index is 13.3. The lowest BCUT2D eigenvalue weighted by Gasteiger charge is -2.28. The number of rotatable bonds is 5. The average molecular weight is 511 g/mol. The molecule has 3 aromatic heterocycles. The van der Waals surface area contributed by atoms with E-state index in [4.69, 9.17) is 5.73 Å². The Morgan fingerprint density at radius 2 is 1.83 bits per heavy atom. The van der Waals surface area contributed by atoms with Gasteiger partial charge in [-0.1, -0.05) is 0 Å². The van der Waals surface area contributed by atoms with Crippen LogP contribution in [0, 0.1) is 0 Å². The molecule has 0 radical (unpaired) electrons. The highest BCUT2D eigenvalue weighted by Crippen LogP contribution is 2.30. The number of nitrogen functional groups attached to an aromatic ring is 1. The van der Waals surface area contributed by atoms with Gasteiger partial charge in [0.1, 0.15) is 11.9 Å². The van der Waals surface area contributed by atoms with Gasteiger partial charge in [-0.05, 0) is 37.3 Å². The van der Waals surface area contributed by atoms with Crippen molar-refractivity contribution in [3.8, 4) is 0 Å². The molecule has 4 rings (SSSR count). The lowest BCUT2D eigenvalue weighted by molar-refractivity contribution is -0.161. The summed E-state index contributed by atoms with van der Waals surface area (Å²) in [6, 6.07) is 3.90. The summed E-state index contributed by atoms with van der Waals surface area (Å²) in [4.78, 5) is 21.3. The number of nitrogens with zero attached hydrogens (tertiary/aromatic N) is 5. The first-order chi connectivity index (χ1) is 16.8. The number of hydrogen-bond acceptors (Lipinski definition) is 6. The van der Waals surface area contributed by atoms with Crippen LogP contribution in [-0.4, -0.2) is 42.9 Å². The Balaban J connectivity index is 1.73. The molecule has 1 atom stereocenters. The van der Waals surface area contributed by atoms with Crippen LogP contribution in [0.25, 0.3) is 21.8 Å². The second kappa shape index (κ2) is 8.93. The number of carbonyl (C=O) groups is 1. The molecule has 1 unspecified atom stereocenters. The summed E-state index contributed by atoms with van der Waals surface area (Å²) in [6.45, 7) is 0.281. The molecular weight excluding hydrogens is 492 g/mol. The van der Waals surface area contributed by atoms with Crippen molar-refractivity contribution in [2.24, 2.45) is 7.05 Å². The van der Waals surface area contributed by atoms with Crippen LogP contribution in [0.5, 0.6) is 0 Å². The Morgan fingerprint density at radius 3 is 2.44 bits per heavy atom. The van der Waals surface area contributed by atoms with E-state index in [-0.39, 0.29) is 17.1 Å². The molecule has 3 heterocycles. The van der Waals surface area contributed by atoms with Gasteiger partial charge in [0.2, 0.25) is 0 Å². The minimum absolute atomic E-state index is 0.00496. The van der Waals surface area contributed by atoms with Gasteiger partial charge in [0, 0.05) is 24.2 Å². The SMILES string of the molecule is CC(NN(Cc1ccc(C(F)(F)F)cn1)C(=O)c1ccc2nc(N)c3cnn(C)c3c2c1)C(F)(F)F. The summed E-state index contributed by atoms with van der Waals surface area (Å²) < 4.78 is 79.8. The molecule has 36 heavy (non-hydrogen) atoms. The molecule has 0 saturated carbocycles. The second-order valence-electron chi connectivity index (χ2n) is 8.08. The van der Waals surface area contributed by atoms with Crippen molar-refractivity contribution in [2.75, 3.05) is 5.73 Å². The Kier molecular flexibility index (Phi) is 6.24. The summed E-state index contributed by atoms with van der Waals surface area (Å²) in [5.74, 6) is -0.637. The number of aryl methyl sites for hydroxylation is 1. The first kappa shape index (κ1) is 25.2. The fraction of sp³-hybridized carbons (Fsp3) is 0.273. The van der Waals surface area contributed by atoms with E-state index in [2.05, 4.69) is 20.5 Å². The molecule has 0 saturated heterocycles. The largest absolute Gasteiger partial charge is 0.417 e. The van der Waals surface area contributed by atoms with E-state index in [1.807, 2.05) is 0 Å². The van der Waals surface area contributed by atoms with Crippen molar-refractivity contribution in [1.29, 1.82) is 0 Å². The lowest BCUT2D eigenvalue weighted by atomic mass is 10.1. The van der Waals surface area contributed by atoms with Gasteiger partial charge in [-0.15, -0.1) is 0 Å². The fourth-order valence-electron chi connectivity index (χ4n) is 3.58. The second-order valence-corrected chi connectivity index (χ2v) is 8.08. The van der Waals surface area contributed by atoms with Gasteiger partial charge in [0.15, 0.2) is 0 Å². The first-order valence-corrected chi connectivity index (χ1v) is 10.4. The van der Waals surface area contributed by atoms with Gasteiger partial charge in [0.05, 0.1) is 40.4 Å². The van der Waals surface area contributed by atoms with Crippen LogP contribution in [0.4, 0.5) is 32.2 Å². The molecule has 3 N–H and O–H groups in total. The highest BCUT2D eigenvalue weighted by Gasteiger charge is 2.38. The Labute approximate surface area is 199 Å². The van der Waals surface area contributed by atoms with E-state index in [9.17, 15) is 31.1 Å². The van der Waals surface area contributed by atoms with Crippen LogP contribution >= 0.6 is 0 Å². The minimum atomic E-state index is -4.70. The zero-order valence-electron chi connectivity index (χ0n) is 18.8. The summed E-state index contributed by atoms with van der Waals surface area (Å²) in [5.41, 5.74) is 7.99. The predicted octanol–water partition coefficient (Wildman–Crippen LogP) is 4.22. The van der Waals surface area contributed by atoms with Crippen LogP contribution in [-0.2, 0) is 19.8 Å². The molecule has 1 amide bonds. The normalized spacial score (nSPS) is 13.3. The number of benzene rings is 1. The zero-order chi connectivity index (χ0) is 26.4. The molecule has 0 aliphatic carbocycles. The van der Waals surface area contributed by atoms with Crippen molar-refractivity contribution in [2.45, 2.75) is 31.9 Å². The summed E-state index contributed by atoms with van der Waals surface area (Å²) in [7, 11) is 1.66. The Hall–Kier alpha value is -3.94. The van der Waals surface area contributed by atoms with E-state index in [0.29, 0.717) is 33.0 Å². The molecule has 0 bridgehead atoms. The number of aromatic nitrogens is 4. The highest BCUT2D eigenvalue weighted by molar-refractivity contribution is 6.10. The molecule has 0 aliphatic heterocycles. The highest BCUT2D eigenvalue weighted by atomic mass is 19.4. The van der Waals surface area contributed by atoms with E-state index in [1.165, 1.54) is 29.1 Å². The van der Waals surface area contributed by atoms with Gasteiger partial charge in [0.25, 0.3) is 5.91 Å². The van der Waals surface area contributed by atoms with E-state index < -0.39 is 36.4 Å². The maximum Gasteiger partial charge on any atom is 0.417 e. The van der Waals surface area contributed by atoms with Gasteiger partial charge >= 0.3 is 12.4 Å². The molecular formula is C22H19F6N7O. The number of amides is 1. The molecule has 8 nitrogen and oxygen atoms in total. The smallest absolute Gasteiger partial charge is 0.383 e. The van der Waals surface area contributed by atoms with Gasteiger partial charge in [-0.3, -0.25) is 19.5 Å². The van der Waals surface area contributed by atoms with Crippen LogP contribution in [0.1, 0.15) is 28.5 Å². The molecule has 0 spiro atoms. The number of nitrogens with one attached hydrogen (secondary N) is 1. The molecule has 0 fully saturated rings. The first-order valence-electron chi connectivity index (χ1n) is 10.4. The number of halogens is 6. The molecule has 14 heteroatoms. The fourth-order valence-corrected chi connectivity index (χ4v) is 3.58. The minimum Gasteiger partial charge on any atom is -0.383 e. The number of hydrazine groups is 1. The number of pyridine rings is 2. The topological polar surface area (TPSA) is 102 Å². The monoisotopic (exact) mass is 511 g/mol. The van der Waals surface area contributed by atoms with Gasteiger partial charge in [-0.2, -0.15) is 31.4 Å². The number of nitrogens with two attached hydrogens (primary N) is 1. The standard InChI is InChI=1S/C22H19F6N7O/c1-11(21(23,24)25)33-35(10-14-5-4-13(8-30-14)22(26,27)28)20(36)12-3-6-17-15(7-12)18-16(19(29)32-17)9-31-34(18)2/h3-9,11,33H,10H2,1-2H3,(H2,29,32). The van der Waals surface area contributed by atoms with Crippen LogP contribution in [0.15, 0.2) is 42.7 Å². The summed E-state index contributed by atoms with van der Waals surface area (Å²) in [5, 5.41) is 5.82. The van der Waals surface area contributed by atoms with Gasteiger partial charge in [-0.25, -0.2) is 10.4 Å². The Morgan fingerprint density at radius 1 is 1.11 bits per heavy atom. The number of alkyl halides is 6. The van der Waals surface area contributed by atoms with Crippen molar-refractivity contribution < 1.29 is 31.1 Å². The van der Waals surface area contributed by atoms with Crippen LogP contribution in [0.2, 0.25) is 0 Å². The van der Waals surface area contributed by atoms with Crippen LogP contribution < -0.4 is 11.2 Å². The van der Waals surface area contributed by atoms with E-state index in [1.54, 1.807) is 7.05 Å². The number of anilines is 1. The summed E-state index contributed by atoms with van der Waals surface area (Å²) in [6.07, 6.45) is -7.28. The molecule has 4 aromatic rings. The van der Waals surface area contributed by atoms with E-state index in [0.717, 1.165) is 19.1 Å². The predicted molar refractivity (Wildman–Crippen MR) is 118 cm³/mol. The van der Waals surface area contributed by atoms with Gasteiger partial charge < -0.3 is 5.73 Å². The average Bonchev–Trinajstić information content (AvgIpc) is 3.19. The zero-order valence-corrected chi connectivity index (χ0v) is 18.8. The Bertz CT molecular complexity index is 1430. The maximum atomic E-state index is 13.3. The van der Waals surface area contributed by atoms with Crippen molar-refractivity contribution in [3.63, 3.8) is 0 Å². The van der Waals surface area contributed by atoms with Crippen molar-refractivity contribution >= 4 is 33.5 Å². The summed E-state index contributed by atoms with van der Waals surface area (Å²) >= 11 is 0. The third-order valence-corrected chi connectivity index (χ3v) is 5.51. The number of hydrogen-bond donors (Lipinski definition) is 2. The number of fused-ring (bicyclic) bond motifs is 3. The van der Waals surface area contributed by atoms with Crippen LogP contribution in [0.3, 0.4) is 0 Å². The molecule has 0 aliphatic rings. The van der Waals surface area contributed by atoms with Crippen molar-refractivity contribution in [3.05, 3.63) is 59.5 Å². The third-order valence-electron chi connectivity index (χ3n) is 5.51. The van der Waals surface area contributed by atoms with E-state index >= 15 is 0 Å². The number of carbonyl (C=O) groups excluding carboxylic acids is 1. The molecule has 190 valence electrons. The lowest BCUT2D eigenvalue weighted by Crippen LogP contribution is -2.52.